The van der Waals surface area contributed by atoms with Crippen LogP contribution in [0.25, 0.3) is 11.4 Å². The lowest BCUT2D eigenvalue weighted by molar-refractivity contribution is -0.117. The molecule has 1 amide bonds. The van der Waals surface area contributed by atoms with Crippen LogP contribution < -0.4 is 10.7 Å². The number of carbonyl (C=O) groups is 1. The van der Waals surface area contributed by atoms with E-state index in [0.717, 1.165) is 17.7 Å². The number of benzene rings is 2. The summed E-state index contributed by atoms with van der Waals surface area (Å²) >= 11 is 7.23. The summed E-state index contributed by atoms with van der Waals surface area (Å²) in [4.78, 5) is 14.8. The number of hydrogen-bond acceptors (Lipinski definition) is 5. The molecule has 1 atom stereocenters. The van der Waals surface area contributed by atoms with Gasteiger partial charge >= 0.3 is 0 Å². The first-order chi connectivity index (χ1) is 13.0. The van der Waals surface area contributed by atoms with Crippen molar-refractivity contribution in [1.82, 2.24) is 14.9 Å². The van der Waals surface area contributed by atoms with Crippen molar-refractivity contribution in [2.45, 2.75) is 23.8 Å². The van der Waals surface area contributed by atoms with E-state index in [-0.39, 0.29) is 11.2 Å². The van der Waals surface area contributed by atoms with E-state index in [1.54, 1.807) is 12.1 Å². The molecule has 0 aliphatic carbocycles. The number of halogens is 1. The van der Waals surface area contributed by atoms with Crippen LogP contribution in [0.15, 0.2) is 53.7 Å². The molecule has 0 radical (unpaired) electrons. The van der Waals surface area contributed by atoms with Crippen molar-refractivity contribution in [1.29, 1.82) is 0 Å². The van der Waals surface area contributed by atoms with Crippen molar-refractivity contribution in [2.75, 3.05) is 17.3 Å². The third-order valence-corrected chi connectivity index (χ3v) is 5.85. The summed E-state index contributed by atoms with van der Waals surface area (Å²) in [6.07, 6.45) is 0.882. The highest BCUT2D eigenvalue weighted by Gasteiger charge is 2.29. The molecule has 1 aliphatic rings. The van der Waals surface area contributed by atoms with Crippen LogP contribution in [0.1, 0.15) is 12.5 Å². The van der Waals surface area contributed by atoms with Gasteiger partial charge in [-0.2, -0.15) is 0 Å². The Kier molecular flexibility index (Phi) is 4.80. The van der Waals surface area contributed by atoms with Crippen molar-refractivity contribution in [3.05, 3.63) is 59.1 Å². The van der Waals surface area contributed by atoms with E-state index in [1.165, 1.54) is 22.0 Å². The van der Waals surface area contributed by atoms with Gasteiger partial charge in [-0.05, 0) is 49.2 Å². The molecule has 3 aromatic rings. The number of nitrogens with zero attached hydrogens (tertiary/aromatic N) is 4. The van der Waals surface area contributed by atoms with Crippen LogP contribution in [0.4, 0.5) is 5.69 Å². The molecular formula is C19H18ClN5OS. The molecule has 0 fully saturated rings. The van der Waals surface area contributed by atoms with E-state index in [2.05, 4.69) is 16.3 Å². The number of carbonyl (C=O) groups excluding carboxylic acids is 1. The van der Waals surface area contributed by atoms with Crippen LogP contribution in [-0.4, -0.2) is 32.6 Å². The van der Waals surface area contributed by atoms with Gasteiger partial charge in [0.05, 0.1) is 5.25 Å². The molecule has 0 saturated heterocycles. The number of aromatic nitrogens is 3. The minimum absolute atomic E-state index is 0.0426. The third kappa shape index (κ3) is 3.40. The SMILES string of the molecule is CC(Sc1nnc(-c2ccc(Cl)cc2)n1N)C(=O)N1CCc2ccccc21. The molecule has 8 heteroatoms. The van der Waals surface area contributed by atoms with Gasteiger partial charge < -0.3 is 10.7 Å². The summed E-state index contributed by atoms with van der Waals surface area (Å²) in [5.74, 6) is 6.74. The van der Waals surface area contributed by atoms with Crippen molar-refractivity contribution < 1.29 is 4.79 Å². The van der Waals surface area contributed by atoms with E-state index in [0.29, 0.717) is 22.5 Å². The Balaban J connectivity index is 1.51. The predicted molar refractivity (Wildman–Crippen MR) is 108 cm³/mol. The Labute approximate surface area is 166 Å². The second-order valence-electron chi connectivity index (χ2n) is 6.31. The van der Waals surface area contributed by atoms with Crippen LogP contribution in [-0.2, 0) is 11.2 Å². The van der Waals surface area contributed by atoms with Crippen LogP contribution in [0, 0.1) is 0 Å². The second-order valence-corrected chi connectivity index (χ2v) is 8.06. The van der Waals surface area contributed by atoms with Crippen molar-refractivity contribution in [3.63, 3.8) is 0 Å². The number of fused-ring (bicyclic) bond motifs is 1. The number of nitrogen functional groups attached to an aromatic ring is 1. The average molecular weight is 400 g/mol. The molecule has 0 spiro atoms. The zero-order valence-electron chi connectivity index (χ0n) is 14.7. The van der Waals surface area contributed by atoms with Gasteiger partial charge in [0.25, 0.3) is 0 Å². The standard InChI is InChI=1S/C19H18ClN5OS/c1-12(18(26)24-11-10-13-4-2-3-5-16(13)24)27-19-23-22-17(25(19)21)14-6-8-15(20)9-7-14/h2-9,12H,10-11,21H2,1H3. The van der Waals surface area contributed by atoms with Gasteiger partial charge in [0, 0.05) is 22.8 Å². The highest BCUT2D eigenvalue weighted by atomic mass is 35.5. The number of thioether (sulfide) groups is 1. The monoisotopic (exact) mass is 399 g/mol. The fraction of sp³-hybridized carbons (Fsp3) is 0.211. The van der Waals surface area contributed by atoms with Gasteiger partial charge in [0.1, 0.15) is 0 Å². The highest BCUT2D eigenvalue weighted by Crippen LogP contribution is 2.31. The molecule has 2 N–H and O–H groups in total. The number of rotatable bonds is 4. The molecule has 1 unspecified atom stereocenters. The molecule has 27 heavy (non-hydrogen) atoms. The Hall–Kier alpha value is -2.51. The molecule has 2 aromatic carbocycles. The first-order valence-electron chi connectivity index (χ1n) is 8.57. The smallest absolute Gasteiger partial charge is 0.240 e. The van der Waals surface area contributed by atoms with Crippen LogP contribution >= 0.6 is 23.4 Å². The largest absolute Gasteiger partial charge is 0.335 e. The number of nitrogens with two attached hydrogens (primary N) is 1. The zero-order chi connectivity index (χ0) is 19.0. The maximum atomic E-state index is 12.9. The topological polar surface area (TPSA) is 77.0 Å². The lowest BCUT2D eigenvalue weighted by Gasteiger charge is -2.21. The summed E-state index contributed by atoms with van der Waals surface area (Å²) in [6, 6.07) is 15.2. The molecule has 138 valence electrons. The predicted octanol–water partition coefficient (Wildman–Crippen LogP) is 3.38. The first-order valence-corrected chi connectivity index (χ1v) is 9.82. The number of para-hydroxylation sites is 1. The molecule has 1 aromatic heterocycles. The third-order valence-electron chi connectivity index (χ3n) is 4.55. The van der Waals surface area contributed by atoms with E-state index in [4.69, 9.17) is 17.4 Å². The Morgan fingerprint density at radius 2 is 1.93 bits per heavy atom. The minimum Gasteiger partial charge on any atom is -0.335 e. The van der Waals surface area contributed by atoms with Gasteiger partial charge in [-0.1, -0.05) is 41.6 Å². The summed E-state index contributed by atoms with van der Waals surface area (Å²) in [6.45, 7) is 2.57. The van der Waals surface area contributed by atoms with Crippen molar-refractivity contribution in [3.8, 4) is 11.4 Å². The van der Waals surface area contributed by atoms with Gasteiger partial charge in [0.15, 0.2) is 5.82 Å². The Bertz CT molecular complexity index is 988. The molecular weight excluding hydrogens is 382 g/mol. The van der Waals surface area contributed by atoms with Crippen LogP contribution in [0.2, 0.25) is 5.02 Å². The lowest BCUT2D eigenvalue weighted by Crippen LogP contribution is -2.35. The van der Waals surface area contributed by atoms with E-state index in [9.17, 15) is 4.79 Å². The normalized spacial score (nSPS) is 14.2. The average Bonchev–Trinajstić information content (AvgIpc) is 3.26. The number of anilines is 1. The molecule has 0 bridgehead atoms. The zero-order valence-corrected chi connectivity index (χ0v) is 16.2. The van der Waals surface area contributed by atoms with Gasteiger partial charge in [-0.15, -0.1) is 10.2 Å². The van der Waals surface area contributed by atoms with E-state index in [1.807, 2.05) is 42.2 Å². The molecule has 4 rings (SSSR count). The Morgan fingerprint density at radius 3 is 2.70 bits per heavy atom. The summed E-state index contributed by atoms with van der Waals surface area (Å²) < 4.78 is 1.41. The summed E-state index contributed by atoms with van der Waals surface area (Å²) in [5, 5.41) is 9.12. The number of hydrogen-bond donors (Lipinski definition) is 1. The molecule has 0 saturated carbocycles. The maximum absolute atomic E-state index is 12.9. The minimum atomic E-state index is -0.333. The quantitative estimate of drug-likeness (QED) is 0.537. The van der Waals surface area contributed by atoms with Crippen molar-refractivity contribution in [2.24, 2.45) is 0 Å². The first kappa shape index (κ1) is 17.9. The van der Waals surface area contributed by atoms with Gasteiger partial charge in [-0.25, -0.2) is 4.68 Å². The molecule has 6 nitrogen and oxygen atoms in total. The lowest BCUT2D eigenvalue weighted by atomic mass is 10.2. The van der Waals surface area contributed by atoms with Gasteiger partial charge in [-0.3, -0.25) is 4.79 Å². The maximum Gasteiger partial charge on any atom is 0.240 e. The van der Waals surface area contributed by atoms with Crippen molar-refractivity contribution >= 4 is 35.0 Å². The summed E-state index contributed by atoms with van der Waals surface area (Å²) in [5.41, 5.74) is 3.01. The fourth-order valence-corrected chi connectivity index (χ4v) is 4.11. The number of amides is 1. The van der Waals surface area contributed by atoms with Crippen LogP contribution in [0.3, 0.4) is 0 Å². The van der Waals surface area contributed by atoms with E-state index < -0.39 is 0 Å². The fourth-order valence-electron chi connectivity index (χ4n) is 3.15. The Morgan fingerprint density at radius 1 is 1.19 bits per heavy atom. The second kappa shape index (κ2) is 7.25. The highest BCUT2D eigenvalue weighted by molar-refractivity contribution is 8.00. The molecule has 2 heterocycles. The van der Waals surface area contributed by atoms with Crippen LogP contribution in [0.5, 0.6) is 0 Å². The van der Waals surface area contributed by atoms with E-state index >= 15 is 0 Å². The summed E-state index contributed by atoms with van der Waals surface area (Å²) in [7, 11) is 0. The molecule has 1 aliphatic heterocycles. The van der Waals surface area contributed by atoms with Gasteiger partial charge in [0.2, 0.25) is 11.1 Å².